The molecule has 0 radical (unpaired) electrons. The van der Waals surface area contributed by atoms with Crippen molar-refractivity contribution < 1.29 is 4.42 Å². The van der Waals surface area contributed by atoms with Gasteiger partial charge < -0.3 is 9.73 Å². The average Bonchev–Trinajstić information content (AvgIpc) is 2.58. The van der Waals surface area contributed by atoms with Crippen LogP contribution in [0.4, 0.5) is 0 Å². The van der Waals surface area contributed by atoms with Gasteiger partial charge in [-0.15, -0.1) is 0 Å². The Labute approximate surface area is 85.7 Å². The van der Waals surface area contributed by atoms with Crippen molar-refractivity contribution in [2.24, 2.45) is 0 Å². The van der Waals surface area contributed by atoms with Crippen LogP contribution in [0.1, 0.15) is 37.9 Å². The molecule has 0 bridgehead atoms. The largest absolute Gasteiger partial charge is 0.469 e. The van der Waals surface area contributed by atoms with Crippen LogP contribution in [0.25, 0.3) is 0 Å². The summed E-state index contributed by atoms with van der Waals surface area (Å²) in [6.45, 7) is 1.20. The molecule has 1 fully saturated rings. The monoisotopic (exact) mass is 193 g/mol. The van der Waals surface area contributed by atoms with Gasteiger partial charge in [-0.1, -0.05) is 12.8 Å². The normalized spacial score (nSPS) is 23.3. The number of rotatable bonds is 3. The van der Waals surface area contributed by atoms with Gasteiger partial charge in [0.25, 0.3) is 0 Å². The topological polar surface area (TPSA) is 25.2 Å². The molecular weight excluding hydrogens is 174 g/mol. The maximum Gasteiger partial charge on any atom is 0.103 e. The zero-order valence-electron chi connectivity index (χ0n) is 8.67. The highest BCUT2D eigenvalue weighted by molar-refractivity contribution is 4.98. The van der Waals surface area contributed by atoms with Crippen molar-refractivity contribution in [1.82, 2.24) is 5.32 Å². The lowest BCUT2D eigenvalue weighted by Gasteiger charge is -2.14. The van der Waals surface area contributed by atoms with E-state index >= 15 is 0 Å². The molecule has 0 saturated carbocycles. The van der Waals surface area contributed by atoms with Crippen LogP contribution in [-0.4, -0.2) is 12.6 Å². The van der Waals surface area contributed by atoms with E-state index in [1.807, 2.05) is 6.07 Å². The molecule has 14 heavy (non-hydrogen) atoms. The van der Waals surface area contributed by atoms with Gasteiger partial charge in [-0.2, -0.15) is 0 Å². The number of aryl methyl sites for hydroxylation is 1. The van der Waals surface area contributed by atoms with Crippen LogP contribution >= 0.6 is 0 Å². The second kappa shape index (κ2) is 5.20. The third-order valence-electron chi connectivity index (χ3n) is 2.98. The third kappa shape index (κ3) is 2.88. The molecule has 1 atom stereocenters. The van der Waals surface area contributed by atoms with Crippen LogP contribution in [0.15, 0.2) is 22.8 Å². The summed E-state index contributed by atoms with van der Waals surface area (Å²) in [4.78, 5) is 0. The molecule has 2 rings (SSSR count). The molecule has 1 aliphatic rings. The second-order valence-electron chi connectivity index (χ2n) is 4.12. The predicted molar refractivity (Wildman–Crippen MR) is 57.3 cm³/mol. The van der Waals surface area contributed by atoms with Gasteiger partial charge in [0.05, 0.1) is 6.26 Å². The molecule has 0 spiro atoms. The van der Waals surface area contributed by atoms with Gasteiger partial charge in [0, 0.05) is 12.5 Å². The van der Waals surface area contributed by atoms with E-state index < -0.39 is 0 Å². The first-order chi connectivity index (χ1) is 6.95. The Morgan fingerprint density at radius 3 is 3.21 bits per heavy atom. The Morgan fingerprint density at radius 2 is 2.36 bits per heavy atom. The van der Waals surface area contributed by atoms with E-state index in [-0.39, 0.29) is 0 Å². The van der Waals surface area contributed by atoms with Crippen molar-refractivity contribution in [2.45, 2.75) is 44.6 Å². The van der Waals surface area contributed by atoms with Crippen molar-refractivity contribution in [1.29, 1.82) is 0 Å². The minimum Gasteiger partial charge on any atom is -0.469 e. The van der Waals surface area contributed by atoms with E-state index in [9.17, 15) is 0 Å². The molecule has 1 saturated heterocycles. The number of hydrogen-bond donors (Lipinski definition) is 1. The lowest BCUT2D eigenvalue weighted by atomic mass is 10.1. The molecule has 2 heterocycles. The minimum absolute atomic E-state index is 0.711. The Bertz CT molecular complexity index is 235. The second-order valence-corrected chi connectivity index (χ2v) is 4.12. The standard InChI is InChI=1S/C12H19NO/c1-2-5-11(13-9-3-1)7-8-12-6-4-10-14-12/h4,6,10-11,13H,1-3,5,7-9H2. The Kier molecular flexibility index (Phi) is 3.64. The molecule has 2 heteroatoms. The van der Waals surface area contributed by atoms with E-state index in [0.29, 0.717) is 6.04 Å². The molecule has 1 aromatic heterocycles. The summed E-state index contributed by atoms with van der Waals surface area (Å²) < 4.78 is 5.33. The van der Waals surface area contributed by atoms with E-state index in [1.165, 1.54) is 38.6 Å². The fraction of sp³-hybridized carbons (Fsp3) is 0.667. The van der Waals surface area contributed by atoms with Crippen LogP contribution in [0.2, 0.25) is 0 Å². The van der Waals surface area contributed by atoms with E-state index in [2.05, 4.69) is 11.4 Å². The van der Waals surface area contributed by atoms with Crippen molar-refractivity contribution in [3.63, 3.8) is 0 Å². The van der Waals surface area contributed by atoms with Gasteiger partial charge in [0.1, 0.15) is 5.76 Å². The highest BCUT2D eigenvalue weighted by Gasteiger charge is 2.11. The summed E-state index contributed by atoms with van der Waals surface area (Å²) >= 11 is 0. The molecule has 0 amide bonds. The molecule has 1 aromatic rings. The number of nitrogens with one attached hydrogen (secondary N) is 1. The first kappa shape index (κ1) is 9.78. The van der Waals surface area contributed by atoms with Gasteiger partial charge in [-0.3, -0.25) is 0 Å². The Morgan fingerprint density at radius 1 is 1.36 bits per heavy atom. The van der Waals surface area contributed by atoms with Crippen LogP contribution in [0, 0.1) is 0 Å². The Hall–Kier alpha value is -0.760. The third-order valence-corrected chi connectivity index (χ3v) is 2.98. The first-order valence-electron chi connectivity index (χ1n) is 5.71. The van der Waals surface area contributed by atoms with Crippen molar-refractivity contribution in [2.75, 3.05) is 6.54 Å². The molecule has 2 nitrogen and oxygen atoms in total. The average molecular weight is 193 g/mol. The summed E-state index contributed by atoms with van der Waals surface area (Å²) in [6.07, 6.45) is 9.51. The van der Waals surface area contributed by atoms with Crippen LogP contribution < -0.4 is 5.32 Å². The molecule has 0 aromatic carbocycles. The minimum atomic E-state index is 0.711. The lowest BCUT2D eigenvalue weighted by Crippen LogP contribution is -2.28. The highest BCUT2D eigenvalue weighted by Crippen LogP contribution is 2.13. The van der Waals surface area contributed by atoms with Gasteiger partial charge in [0.15, 0.2) is 0 Å². The fourth-order valence-corrected chi connectivity index (χ4v) is 2.12. The zero-order chi connectivity index (χ0) is 9.64. The molecule has 1 unspecified atom stereocenters. The van der Waals surface area contributed by atoms with Crippen molar-refractivity contribution in [3.8, 4) is 0 Å². The van der Waals surface area contributed by atoms with Crippen LogP contribution in [0.3, 0.4) is 0 Å². The summed E-state index contributed by atoms with van der Waals surface area (Å²) in [5, 5.41) is 3.60. The van der Waals surface area contributed by atoms with Gasteiger partial charge in [-0.25, -0.2) is 0 Å². The fourth-order valence-electron chi connectivity index (χ4n) is 2.12. The SMILES string of the molecule is c1coc(CCC2CCCCCN2)c1. The smallest absolute Gasteiger partial charge is 0.103 e. The van der Waals surface area contributed by atoms with E-state index in [1.54, 1.807) is 6.26 Å². The molecule has 1 aliphatic heterocycles. The zero-order valence-corrected chi connectivity index (χ0v) is 8.67. The molecular formula is C12H19NO. The van der Waals surface area contributed by atoms with Gasteiger partial charge in [-0.05, 0) is 37.9 Å². The van der Waals surface area contributed by atoms with E-state index in [0.717, 1.165) is 12.2 Å². The van der Waals surface area contributed by atoms with Crippen molar-refractivity contribution in [3.05, 3.63) is 24.2 Å². The van der Waals surface area contributed by atoms with Crippen LogP contribution in [0.5, 0.6) is 0 Å². The Balaban J connectivity index is 1.73. The maximum atomic E-state index is 5.33. The quantitative estimate of drug-likeness (QED) is 0.798. The van der Waals surface area contributed by atoms with Gasteiger partial charge >= 0.3 is 0 Å². The molecule has 1 N–H and O–H groups in total. The lowest BCUT2D eigenvalue weighted by molar-refractivity contribution is 0.440. The maximum absolute atomic E-state index is 5.33. The highest BCUT2D eigenvalue weighted by atomic mass is 16.3. The summed E-state index contributed by atoms with van der Waals surface area (Å²) in [6, 6.07) is 4.75. The van der Waals surface area contributed by atoms with Crippen LogP contribution in [-0.2, 0) is 6.42 Å². The predicted octanol–water partition coefficient (Wildman–Crippen LogP) is 2.74. The van der Waals surface area contributed by atoms with Gasteiger partial charge in [0.2, 0.25) is 0 Å². The number of hydrogen-bond acceptors (Lipinski definition) is 2. The number of furan rings is 1. The van der Waals surface area contributed by atoms with E-state index in [4.69, 9.17) is 4.42 Å². The molecule has 0 aliphatic carbocycles. The first-order valence-corrected chi connectivity index (χ1v) is 5.71. The van der Waals surface area contributed by atoms with Crippen molar-refractivity contribution >= 4 is 0 Å². The summed E-state index contributed by atoms with van der Waals surface area (Å²) in [5.74, 6) is 1.12. The summed E-state index contributed by atoms with van der Waals surface area (Å²) in [5.41, 5.74) is 0. The summed E-state index contributed by atoms with van der Waals surface area (Å²) in [7, 11) is 0. The molecule has 78 valence electrons.